The van der Waals surface area contributed by atoms with E-state index in [2.05, 4.69) is 22.0 Å². The maximum Gasteiger partial charge on any atom is 0.129 e. The highest BCUT2D eigenvalue weighted by Crippen LogP contribution is 2.27. The van der Waals surface area contributed by atoms with Crippen molar-refractivity contribution in [2.24, 2.45) is 4.99 Å². The standard InChI is InChI=1S/C20H23FN2O/c1-15-12-17(7-9-19(15)21)22-14-16-6-8-18(13-20(16)24-2)23-10-4-3-5-11-23/h6-9,12-14H,3-5,10-11H2,1-2H3. The smallest absolute Gasteiger partial charge is 0.129 e. The van der Waals surface area contributed by atoms with Crippen LogP contribution in [0.3, 0.4) is 0 Å². The van der Waals surface area contributed by atoms with Crippen LogP contribution in [0, 0.1) is 12.7 Å². The van der Waals surface area contributed by atoms with Crippen LogP contribution in [-0.2, 0) is 0 Å². The first kappa shape index (κ1) is 16.5. The van der Waals surface area contributed by atoms with Crippen LogP contribution in [0.5, 0.6) is 5.75 Å². The van der Waals surface area contributed by atoms with E-state index < -0.39 is 0 Å². The summed E-state index contributed by atoms with van der Waals surface area (Å²) in [6.07, 6.45) is 5.58. The SMILES string of the molecule is COc1cc(N2CCCCC2)ccc1C=Nc1ccc(F)c(C)c1. The lowest BCUT2D eigenvalue weighted by Crippen LogP contribution is -2.29. The van der Waals surface area contributed by atoms with Crippen molar-refractivity contribution in [3.63, 3.8) is 0 Å². The molecule has 1 fully saturated rings. The molecule has 0 aliphatic carbocycles. The summed E-state index contributed by atoms with van der Waals surface area (Å²) < 4.78 is 18.9. The molecule has 3 nitrogen and oxygen atoms in total. The van der Waals surface area contributed by atoms with Crippen molar-refractivity contribution in [1.29, 1.82) is 0 Å². The third kappa shape index (κ3) is 3.75. The number of halogens is 1. The molecule has 2 aromatic rings. The van der Waals surface area contributed by atoms with Crippen molar-refractivity contribution in [2.75, 3.05) is 25.1 Å². The number of nitrogens with zero attached hydrogens (tertiary/aromatic N) is 2. The minimum Gasteiger partial charge on any atom is -0.496 e. The third-order valence-corrected chi connectivity index (χ3v) is 4.43. The van der Waals surface area contributed by atoms with E-state index in [4.69, 9.17) is 4.74 Å². The number of hydrogen-bond acceptors (Lipinski definition) is 3. The molecule has 0 spiro atoms. The Kier molecular flexibility index (Phi) is 5.14. The fourth-order valence-electron chi connectivity index (χ4n) is 3.01. The van der Waals surface area contributed by atoms with Gasteiger partial charge in [0.25, 0.3) is 0 Å². The highest BCUT2D eigenvalue weighted by atomic mass is 19.1. The molecule has 0 unspecified atom stereocenters. The maximum absolute atomic E-state index is 13.3. The van der Waals surface area contributed by atoms with Crippen LogP contribution in [0.25, 0.3) is 0 Å². The minimum atomic E-state index is -0.211. The van der Waals surface area contributed by atoms with Crippen LogP contribution in [0.4, 0.5) is 15.8 Å². The lowest BCUT2D eigenvalue weighted by Gasteiger charge is -2.29. The normalized spacial score (nSPS) is 15.0. The van der Waals surface area contributed by atoms with Crippen molar-refractivity contribution >= 4 is 17.6 Å². The Morgan fingerprint density at radius 2 is 1.88 bits per heavy atom. The predicted octanol–water partition coefficient (Wildman–Crippen LogP) is 4.88. The number of methoxy groups -OCH3 is 1. The Bertz CT molecular complexity index is 736. The first-order valence-electron chi connectivity index (χ1n) is 8.40. The van der Waals surface area contributed by atoms with Crippen molar-refractivity contribution in [2.45, 2.75) is 26.2 Å². The second-order valence-electron chi connectivity index (χ2n) is 6.17. The van der Waals surface area contributed by atoms with Gasteiger partial charge in [0.15, 0.2) is 0 Å². The summed E-state index contributed by atoms with van der Waals surface area (Å²) in [5.74, 6) is 0.595. The van der Waals surface area contributed by atoms with E-state index in [0.717, 1.165) is 30.1 Å². The summed E-state index contributed by atoms with van der Waals surface area (Å²) in [7, 11) is 1.68. The average Bonchev–Trinajstić information content (AvgIpc) is 2.63. The monoisotopic (exact) mass is 326 g/mol. The number of aliphatic imine (C=N–C) groups is 1. The van der Waals surface area contributed by atoms with Gasteiger partial charge in [-0.15, -0.1) is 0 Å². The molecule has 0 N–H and O–H groups in total. The van der Waals surface area contributed by atoms with Gasteiger partial charge < -0.3 is 9.64 Å². The Balaban J connectivity index is 1.82. The zero-order valence-electron chi connectivity index (χ0n) is 14.3. The van der Waals surface area contributed by atoms with Crippen molar-refractivity contribution in [3.05, 3.63) is 53.3 Å². The highest BCUT2D eigenvalue weighted by Gasteiger charge is 2.12. The van der Waals surface area contributed by atoms with E-state index in [1.165, 1.54) is 31.0 Å². The molecule has 24 heavy (non-hydrogen) atoms. The predicted molar refractivity (Wildman–Crippen MR) is 97.4 cm³/mol. The van der Waals surface area contributed by atoms with Crippen molar-refractivity contribution in [3.8, 4) is 5.75 Å². The summed E-state index contributed by atoms with van der Waals surface area (Å²) in [4.78, 5) is 6.84. The van der Waals surface area contributed by atoms with Crippen LogP contribution in [0.15, 0.2) is 41.4 Å². The molecule has 4 heteroatoms. The van der Waals surface area contributed by atoms with Gasteiger partial charge in [-0.1, -0.05) is 0 Å². The number of rotatable bonds is 4. The highest BCUT2D eigenvalue weighted by molar-refractivity contribution is 5.86. The Morgan fingerprint density at radius 3 is 2.58 bits per heavy atom. The summed E-state index contributed by atoms with van der Waals surface area (Å²) in [6.45, 7) is 3.94. The minimum absolute atomic E-state index is 0.211. The Labute approximate surface area is 142 Å². The number of benzene rings is 2. The molecule has 0 atom stereocenters. The Morgan fingerprint density at radius 1 is 1.08 bits per heavy atom. The molecule has 0 aromatic heterocycles. The molecule has 0 amide bonds. The van der Waals surface area contributed by atoms with E-state index in [9.17, 15) is 4.39 Å². The zero-order valence-corrected chi connectivity index (χ0v) is 14.3. The molecule has 126 valence electrons. The quantitative estimate of drug-likeness (QED) is 0.748. The summed E-state index contributed by atoms with van der Waals surface area (Å²) in [5.41, 5.74) is 3.44. The van der Waals surface area contributed by atoms with Gasteiger partial charge in [0.1, 0.15) is 11.6 Å². The van der Waals surface area contributed by atoms with Gasteiger partial charge in [-0.25, -0.2) is 4.39 Å². The molecule has 2 aromatic carbocycles. The van der Waals surface area contributed by atoms with Crippen molar-refractivity contribution in [1.82, 2.24) is 0 Å². The molecule has 1 aliphatic rings. The number of anilines is 1. The van der Waals surface area contributed by atoms with Gasteiger partial charge in [0.2, 0.25) is 0 Å². The number of piperidine rings is 1. The van der Waals surface area contributed by atoms with E-state index >= 15 is 0 Å². The molecule has 1 aliphatic heterocycles. The van der Waals surface area contributed by atoms with Crippen LogP contribution in [-0.4, -0.2) is 26.4 Å². The van der Waals surface area contributed by atoms with Gasteiger partial charge in [-0.3, -0.25) is 4.99 Å². The molecule has 0 radical (unpaired) electrons. The number of hydrogen-bond donors (Lipinski definition) is 0. The summed E-state index contributed by atoms with van der Waals surface area (Å²) in [5, 5.41) is 0. The second-order valence-corrected chi connectivity index (χ2v) is 6.17. The van der Waals surface area contributed by atoms with Crippen molar-refractivity contribution < 1.29 is 9.13 Å². The lowest BCUT2D eigenvalue weighted by molar-refractivity contribution is 0.414. The first-order valence-corrected chi connectivity index (χ1v) is 8.40. The number of aryl methyl sites for hydroxylation is 1. The second kappa shape index (κ2) is 7.47. The maximum atomic E-state index is 13.3. The van der Waals surface area contributed by atoms with Crippen LogP contribution >= 0.6 is 0 Å². The molecular formula is C20H23FN2O. The molecule has 1 saturated heterocycles. The van der Waals surface area contributed by atoms with E-state index in [0.29, 0.717) is 5.56 Å². The third-order valence-electron chi connectivity index (χ3n) is 4.43. The van der Waals surface area contributed by atoms with Crippen LogP contribution in [0.1, 0.15) is 30.4 Å². The summed E-state index contributed by atoms with van der Waals surface area (Å²) in [6, 6.07) is 11.1. The van der Waals surface area contributed by atoms with Gasteiger partial charge in [0.05, 0.1) is 12.8 Å². The Hall–Kier alpha value is -2.36. The van der Waals surface area contributed by atoms with Gasteiger partial charge in [-0.2, -0.15) is 0 Å². The molecule has 3 rings (SSSR count). The molecule has 1 heterocycles. The van der Waals surface area contributed by atoms with E-state index in [-0.39, 0.29) is 5.82 Å². The summed E-state index contributed by atoms with van der Waals surface area (Å²) >= 11 is 0. The van der Waals surface area contributed by atoms with Gasteiger partial charge >= 0.3 is 0 Å². The zero-order chi connectivity index (χ0) is 16.9. The molecular weight excluding hydrogens is 303 g/mol. The number of ether oxygens (including phenoxy) is 1. The lowest BCUT2D eigenvalue weighted by atomic mass is 10.1. The van der Waals surface area contributed by atoms with Gasteiger partial charge in [0, 0.05) is 36.6 Å². The van der Waals surface area contributed by atoms with E-state index in [1.807, 2.05) is 6.07 Å². The fraction of sp³-hybridized carbons (Fsp3) is 0.350. The van der Waals surface area contributed by atoms with Crippen LogP contribution < -0.4 is 9.64 Å². The van der Waals surface area contributed by atoms with E-state index in [1.54, 1.807) is 32.4 Å². The van der Waals surface area contributed by atoms with Crippen LogP contribution in [0.2, 0.25) is 0 Å². The first-order chi connectivity index (χ1) is 11.7. The largest absolute Gasteiger partial charge is 0.496 e. The van der Waals surface area contributed by atoms with Gasteiger partial charge in [-0.05, 0) is 62.1 Å². The average molecular weight is 326 g/mol. The fourth-order valence-corrected chi connectivity index (χ4v) is 3.01. The molecule has 0 saturated carbocycles. The molecule has 0 bridgehead atoms. The topological polar surface area (TPSA) is 24.8 Å².